The maximum atomic E-state index is 12.1. The predicted octanol–water partition coefficient (Wildman–Crippen LogP) is 2.70. The molecule has 0 heterocycles. The number of benzene rings is 1. The lowest BCUT2D eigenvalue weighted by molar-refractivity contribution is -0.120. The molecule has 2 N–H and O–H groups in total. The van der Waals surface area contributed by atoms with Crippen LogP contribution in [0.2, 0.25) is 0 Å². The first kappa shape index (κ1) is 17.3. The molecule has 0 saturated heterocycles. The zero-order valence-electron chi connectivity index (χ0n) is 14.1. The molecule has 5 heteroatoms. The highest BCUT2D eigenvalue weighted by Crippen LogP contribution is 2.27. The van der Waals surface area contributed by atoms with E-state index in [-0.39, 0.29) is 18.5 Å². The number of urea groups is 1. The molecule has 0 unspecified atom stereocenters. The Morgan fingerprint density at radius 2 is 1.87 bits per heavy atom. The third-order valence-electron chi connectivity index (χ3n) is 4.13. The van der Waals surface area contributed by atoms with Crippen LogP contribution in [0.15, 0.2) is 24.3 Å². The third-order valence-corrected chi connectivity index (χ3v) is 4.13. The molecular formula is C18H27N3O2. The number of hydrogen-bond acceptors (Lipinski definition) is 2. The fraction of sp³-hybridized carbons (Fsp3) is 0.556. The lowest BCUT2D eigenvalue weighted by Gasteiger charge is -2.18. The van der Waals surface area contributed by atoms with Gasteiger partial charge in [0.15, 0.2) is 0 Å². The monoisotopic (exact) mass is 317 g/mol. The summed E-state index contributed by atoms with van der Waals surface area (Å²) in [4.78, 5) is 25.3. The number of unbranched alkanes of at least 4 members (excludes halogenated alkanes) is 1. The van der Waals surface area contributed by atoms with Crippen molar-refractivity contribution in [2.24, 2.45) is 5.92 Å². The van der Waals surface area contributed by atoms with Crippen molar-refractivity contribution in [3.63, 3.8) is 0 Å². The first-order valence-electron chi connectivity index (χ1n) is 8.47. The fourth-order valence-electron chi connectivity index (χ4n) is 2.30. The topological polar surface area (TPSA) is 61.4 Å². The number of hydrogen-bond donors (Lipinski definition) is 2. The Bertz CT molecular complexity index is 524. The predicted molar refractivity (Wildman–Crippen MR) is 92.6 cm³/mol. The number of carbonyl (C=O) groups is 2. The Hall–Kier alpha value is -2.04. The van der Waals surface area contributed by atoms with Gasteiger partial charge in [-0.25, -0.2) is 4.79 Å². The first-order chi connectivity index (χ1) is 11.1. The van der Waals surface area contributed by atoms with Crippen molar-refractivity contribution in [3.05, 3.63) is 29.8 Å². The molecule has 1 saturated carbocycles. The largest absolute Gasteiger partial charge is 0.354 e. The van der Waals surface area contributed by atoms with Gasteiger partial charge in [0.2, 0.25) is 5.91 Å². The second-order valence-corrected chi connectivity index (χ2v) is 6.24. The highest BCUT2D eigenvalue weighted by atomic mass is 16.2. The van der Waals surface area contributed by atoms with Gasteiger partial charge < -0.3 is 10.6 Å². The van der Waals surface area contributed by atoms with Crippen molar-refractivity contribution in [1.82, 2.24) is 10.6 Å². The summed E-state index contributed by atoms with van der Waals surface area (Å²) < 4.78 is 0. The normalized spacial score (nSPS) is 13.5. The Balaban J connectivity index is 1.75. The van der Waals surface area contributed by atoms with Crippen LogP contribution in [-0.4, -0.2) is 32.1 Å². The molecule has 3 amide bonds. The molecule has 0 bridgehead atoms. The Labute approximate surface area is 138 Å². The van der Waals surface area contributed by atoms with Crippen molar-refractivity contribution in [1.29, 1.82) is 0 Å². The molecule has 23 heavy (non-hydrogen) atoms. The van der Waals surface area contributed by atoms with E-state index in [1.165, 1.54) is 36.1 Å². The Morgan fingerprint density at radius 3 is 2.48 bits per heavy atom. The Morgan fingerprint density at radius 1 is 1.17 bits per heavy atom. The van der Waals surface area contributed by atoms with Gasteiger partial charge in [0, 0.05) is 19.3 Å². The van der Waals surface area contributed by atoms with E-state index in [4.69, 9.17) is 0 Å². The molecule has 0 spiro atoms. The molecule has 2 rings (SSSR count). The molecule has 0 atom stereocenters. The highest BCUT2D eigenvalue weighted by molar-refractivity contribution is 5.93. The second kappa shape index (κ2) is 8.56. The Kier molecular flexibility index (Phi) is 6.44. The van der Waals surface area contributed by atoms with Gasteiger partial charge in [-0.05, 0) is 49.3 Å². The van der Waals surface area contributed by atoms with E-state index in [0.717, 1.165) is 18.7 Å². The smallest absolute Gasteiger partial charge is 0.322 e. The van der Waals surface area contributed by atoms with Crippen LogP contribution in [0.4, 0.5) is 10.5 Å². The standard InChI is InChI=1S/C18H27N3O2/c1-3-4-5-14-8-10-16(11-9-14)21(2)18(23)20-13-17(22)19-12-15-6-7-15/h8-11,15H,3-7,12-13H2,1-2H3,(H,19,22)(H,20,23). The third kappa shape index (κ3) is 5.93. The molecule has 5 nitrogen and oxygen atoms in total. The van der Waals surface area contributed by atoms with Crippen molar-refractivity contribution < 1.29 is 9.59 Å². The SMILES string of the molecule is CCCCc1ccc(N(C)C(=O)NCC(=O)NCC2CC2)cc1. The van der Waals surface area contributed by atoms with Gasteiger partial charge in [0.05, 0.1) is 6.54 Å². The summed E-state index contributed by atoms with van der Waals surface area (Å²) in [6, 6.07) is 7.72. The number of carbonyl (C=O) groups excluding carboxylic acids is 2. The minimum Gasteiger partial charge on any atom is -0.354 e. The number of aryl methyl sites for hydroxylation is 1. The van der Waals surface area contributed by atoms with E-state index in [2.05, 4.69) is 29.7 Å². The molecule has 0 aliphatic heterocycles. The van der Waals surface area contributed by atoms with Crippen LogP contribution in [0.5, 0.6) is 0 Å². The molecule has 1 fully saturated rings. The van der Waals surface area contributed by atoms with Gasteiger partial charge in [0.25, 0.3) is 0 Å². The maximum absolute atomic E-state index is 12.1. The van der Waals surface area contributed by atoms with Gasteiger partial charge in [-0.3, -0.25) is 9.69 Å². The summed E-state index contributed by atoms with van der Waals surface area (Å²) in [5.41, 5.74) is 2.10. The van der Waals surface area contributed by atoms with E-state index < -0.39 is 0 Å². The van der Waals surface area contributed by atoms with E-state index in [1.807, 2.05) is 12.1 Å². The first-order valence-corrected chi connectivity index (χ1v) is 8.47. The second-order valence-electron chi connectivity index (χ2n) is 6.24. The minimum atomic E-state index is -0.270. The molecule has 1 aromatic carbocycles. The van der Waals surface area contributed by atoms with Crippen LogP contribution in [0, 0.1) is 5.92 Å². The van der Waals surface area contributed by atoms with Crippen LogP contribution in [0.25, 0.3) is 0 Å². The highest BCUT2D eigenvalue weighted by Gasteiger charge is 2.21. The summed E-state index contributed by atoms with van der Waals surface area (Å²) in [5.74, 6) is 0.511. The number of anilines is 1. The summed E-state index contributed by atoms with van der Waals surface area (Å²) in [6.45, 7) is 2.92. The lowest BCUT2D eigenvalue weighted by atomic mass is 10.1. The number of rotatable bonds is 8. The van der Waals surface area contributed by atoms with Crippen LogP contribution in [-0.2, 0) is 11.2 Å². The van der Waals surface area contributed by atoms with Gasteiger partial charge in [-0.1, -0.05) is 25.5 Å². The average Bonchev–Trinajstić information content (AvgIpc) is 3.40. The van der Waals surface area contributed by atoms with E-state index in [1.54, 1.807) is 7.05 Å². The van der Waals surface area contributed by atoms with Gasteiger partial charge in [0.1, 0.15) is 0 Å². The van der Waals surface area contributed by atoms with E-state index in [0.29, 0.717) is 5.92 Å². The summed E-state index contributed by atoms with van der Waals surface area (Å²) >= 11 is 0. The van der Waals surface area contributed by atoms with Crippen molar-refractivity contribution in [2.75, 3.05) is 25.0 Å². The summed E-state index contributed by atoms with van der Waals surface area (Å²) in [6.07, 6.45) is 5.81. The quantitative estimate of drug-likeness (QED) is 0.774. The number of nitrogens with one attached hydrogen (secondary N) is 2. The molecule has 1 aliphatic carbocycles. The molecule has 1 aliphatic rings. The molecule has 1 aromatic rings. The minimum absolute atomic E-state index is 0.0183. The van der Waals surface area contributed by atoms with Crippen molar-refractivity contribution >= 4 is 17.6 Å². The maximum Gasteiger partial charge on any atom is 0.322 e. The lowest BCUT2D eigenvalue weighted by Crippen LogP contribution is -2.43. The van der Waals surface area contributed by atoms with Gasteiger partial charge in [-0.15, -0.1) is 0 Å². The molecule has 0 aromatic heterocycles. The molecule has 126 valence electrons. The van der Waals surface area contributed by atoms with Crippen LogP contribution in [0.1, 0.15) is 38.2 Å². The average molecular weight is 317 g/mol. The molecular weight excluding hydrogens is 290 g/mol. The van der Waals surface area contributed by atoms with E-state index >= 15 is 0 Å². The van der Waals surface area contributed by atoms with Gasteiger partial charge >= 0.3 is 6.03 Å². The van der Waals surface area contributed by atoms with Gasteiger partial charge in [-0.2, -0.15) is 0 Å². The zero-order chi connectivity index (χ0) is 16.7. The van der Waals surface area contributed by atoms with Crippen molar-refractivity contribution in [3.8, 4) is 0 Å². The van der Waals surface area contributed by atoms with Crippen LogP contribution in [0.3, 0.4) is 0 Å². The fourth-order valence-corrected chi connectivity index (χ4v) is 2.30. The van der Waals surface area contributed by atoms with Crippen molar-refractivity contribution in [2.45, 2.75) is 39.0 Å². The van der Waals surface area contributed by atoms with Crippen LogP contribution < -0.4 is 15.5 Å². The van der Waals surface area contributed by atoms with Crippen LogP contribution >= 0.6 is 0 Å². The van der Waals surface area contributed by atoms with E-state index in [9.17, 15) is 9.59 Å². The molecule has 0 radical (unpaired) electrons. The zero-order valence-corrected chi connectivity index (χ0v) is 14.1. The summed E-state index contributed by atoms with van der Waals surface area (Å²) in [7, 11) is 1.71. The summed E-state index contributed by atoms with van der Waals surface area (Å²) in [5, 5.41) is 5.48. The number of nitrogens with zero attached hydrogens (tertiary/aromatic N) is 1. The number of amides is 3.